The van der Waals surface area contributed by atoms with Crippen LogP contribution in [-0.4, -0.2) is 14.9 Å². The normalized spacial score (nSPS) is 9.60. The first-order valence-electron chi connectivity index (χ1n) is 5.29. The van der Waals surface area contributed by atoms with Crippen LogP contribution in [0.4, 0.5) is 11.5 Å². The summed E-state index contributed by atoms with van der Waals surface area (Å²) in [6.07, 6.45) is 1.08. The molecule has 9 heteroatoms. The SMILES string of the molecule is N#Cc1ccc(Oc2ncnc(NN)c2[N+](=O)[O-])cc1. The smallest absolute Gasteiger partial charge is 0.374 e. The van der Waals surface area contributed by atoms with Gasteiger partial charge in [0.2, 0.25) is 5.82 Å². The summed E-state index contributed by atoms with van der Waals surface area (Å²) >= 11 is 0. The van der Waals surface area contributed by atoms with Gasteiger partial charge < -0.3 is 10.2 Å². The van der Waals surface area contributed by atoms with Crippen LogP contribution in [0.5, 0.6) is 11.6 Å². The number of nitrogens with zero attached hydrogens (tertiary/aromatic N) is 4. The quantitative estimate of drug-likeness (QED) is 0.482. The Hall–Kier alpha value is -3.25. The van der Waals surface area contributed by atoms with Crippen LogP contribution < -0.4 is 16.0 Å². The first kappa shape index (κ1) is 13.2. The second-order valence-electron chi connectivity index (χ2n) is 3.52. The lowest BCUT2D eigenvalue weighted by Crippen LogP contribution is -2.12. The molecule has 0 saturated heterocycles. The number of hydrogen-bond donors (Lipinski definition) is 2. The molecule has 9 nitrogen and oxygen atoms in total. The van der Waals surface area contributed by atoms with Crippen molar-refractivity contribution < 1.29 is 9.66 Å². The standard InChI is InChI=1S/C11H8N6O3/c12-5-7-1-3-8(4-2-7)20-11-9(17(18)19)10(16-13)14-6-15-11/h1-4,6H,13H2,(H,14,15,16). The molecule has 0 radical (unpaired) electrons. The second-order valence-corrected chi connectivity index (χ2v) is 3.52. The van der Waals surface area contributed by atoms with E-state index in [9.17, 15) is 10.1 Å². The van der Waals surface area contributed by atoms with Crippen LogP contribution in [0, 0.1) is 21.4 Å². The maximum absolute atomic E-state index is 11.0. The molecule has 0 amide bonds. The monoisotopic (exact) mass is 272 g/mol. The molecule has 1 heterocycles. The third kappa shape index (κ3) is 2.60. The van der Waals surface area contributed by atoms with E-state index in [1.54, 1.807) is 0 Å². The van der Waals surface area contributed by atoms with Crippen molar-refractivity contribution in [3.63, 3.8) is 0 Å². The fourth-order valence-corrected chi connectivity index (χ4v) is 1.42. The molecule has 20 heavy (non-hydrogen) atoms. The van der Waals surface area contributed by atoms with Crippen LogP contribution in [-0.2, 0) is 0 Å². The van der Waals surface area contributed by atoms with Crippen molar-refractivity contribution in [1.29, 1.82) is 5.26 Å². The Morgan fingerprint density at radius 1 is 1.35 bits per heavy atom. The minimum atomic E-state index is -0.700. The molecule has 0 fully saturated rings. The molecule has 2 aromatic rings. The van der Waals surface area contributed by atoms with Gasteiger partial charge in [0.15, 0.2) is 0 Å². The molecule has 0 bridgehead atoms. The Kier molecular flexibility index (Phi) is 3.69. The lowest BCUT2D eigenvalue weighted by molar-refractivity contribution is -0.385. The summed E-state index contributed by atoms with van der Waals surface area (Å²) in [4.78, 5) is 17.6. The highest BCUT2D eigenvalue weighted by atomic mass is 16.6. The van der Waals surface area contributed by atoms with E-state index >= 15 is 0 Å². The van der Waals surface area contributed by atoms with Gasteiger partial charge in [-0.25, -0.2) is 10.8 Å². The van der Waals surface area contributed by atoms with E-state index in [1.165, 1.54) is 24.3 Å². The summed E-state index contributed by atoms with van der Waals surface area (Å²) in [5, 5.41) is 19.7. The van der Waals surface area contributed by atoms with E-state index < -0.39 is 10.6 Å². The fraction of sp³-hybridized carbons (Fsp3) is 0. The molecule has 1 aromatic carbocycles. The number of aromatic nitrogens is 2. The average Bonchev–Trinajstić information content (AvgIpc) is 2.47. The van der Waals surface area contributed by atoms with Gasteiger partial charge in [-0.2, -0.15) is 10.2 Å². The van der Waals surface area contributed by atoms with E-state index in [0.717, 1.165) is 6.33 Å². The molecule has 0 aliphatic rings. The molecule has 2 rings (SSSR count). The zero-order valence-electron chi connectivity index (χ0n) is 9.98. The number of nitrogens with two attached hydrogens (primary N) is 1. The average molecular weight is 272 g/mol. The lowest BCUT2D eigenvalue weighted by Gasteiger charge is -2.07. The van der Waals surface area contributed by atoms with Crippen molar-refractivity contribution >= 4 is 11.5 Å². The Morgan fingerprint density at radius 2 is 2.05 bits per heavy atom. The molecule has 0 atom stereocenters. The van der Waals surface area contributed by atoms with Crippen molar-refractivity contribution in [3.05, 3.63) is 46.3 Å². The topological polar surface area (TPSA) is 140 Å². The molecule has 0 unspecified atom stereocenters. The largest absolute Gasteiger partial charge is 0.434 e. The van der Waals surface area contributed by atoms with Crippen LogP contribution in [0.1, 0.15) is 5.56 Å². The van der Waals surface area contributed by atoms with Crippen molar-refractivity contribution in [2.24, 2.45) is 5.84 Å². The van der Waals surface area contributed by atoms with E-state index in [2.05, 4.69) is 15.4 Å². The Balaban J connectivity index is 2.37. The predicted octanol–water partition coefficient (Wildman–Crippen LogP) is 1.33. The summed E-state index contributed by atoms with van der Waals surface area (Å²) < 4.78 is 5.32. The second kappa shape index (κ2) is 5.59. The minimum absolute atomic E-state index is 0.159. The number of benzene rings is 1. The summed E-state index contributed by atoms with van der Waals surface area (Å²) in [5.74, 6) is 5.05. The number of nitriles is 1. The molecule has 0 saturated carbocycles. The minimum Gasteiger partial charge on any atom is -0.434 e. The van der Waals surface area contributed by atoms with Gasteiger partial charge in [-0.3, -0.25) is 10.1 Å². The number of hydrogen-bond acceptors (Lipinski definition) is 8. The van der Waals surface area contributed by atoms with Gasteiger partial charge in [-0.05, 0) is 24.3 Å². The van der Waals surface area contributed by atoms with E-state index in [1.807, 2.05) is 6.07 Å². The molecular formula is C11H8N6O3. The summed E-state index contributed by atoms with van der Waals surface area (Å²) in [6.45, 7) is 0. The number of hydrazine groups is 1. The van der Waals surface area contributed by atoms with Crippen LogP contribution >= 0.6 is 0 Å². The van der Waals surface area contributed by atoms with Crippen LogP contribution in [0.2, 0.25) is 0 Å². The molecule has 100 valence electrons. The van der Waals surface area contributed by atoms with E-state index in [4.69, 9.17) is 15.8 Å². The maximum Gasteiger partial charge on any atom is 0.374 e. The first-order valence-corrected chi connectivity index (χ1v) is 5.29. The molecular weight excluding hydrogens is 264 g/mol. The number of nitrogen functional groups attached to an aromatic ring is 1. The van der Waals surface area contributed by atoms with Crippen molar-refractivity contribution in [2.75, 3.05) is 5.43 Å². The van der Waals surface area contributed by atoms with Crippen molar-refractivity contribution in [2.45, 2.75) is 0 Å². The highest BCUT2D eigenvalue weighted by Gasteiger charge is 2.24. The Labute approximate surface area is 112 Å². The number of anilines is 1. The third-order valence-electron chi connectivity index (χ3n) is 2.31. The van der Waals surface area contributed by atoms with Gasteiger partial charge in [0, 0.05) is 0 Å². The molecule has 0 aliphatic heterocycles. The van der Waals surface area contributed by atoms with Gasteiger partial charge in [0.25, 0.3) is 0 Å². The third-order valence-corrected chi connectivity index (χ3v) is 2.31. The van der Waals surface area contributed by atoms with Crippen LogP contribution in [0.25, 0.3) is 0 Å². The molecule has 1 aromatic heterocycles. The van der Waals surface area contributed by atoms with Crippen molar-refractivity contribution in [3.8, 4) is 17.7 Å². The van der Waals surface area contributed by atoms with Gasteiger partial charge in [0.05, 0.1) is 16.6 Å². The molecule has 0 spiro atoms. The number of ether oxygens (including phenoxy) is 1. The van der Waals surface area contributed by atoms with Crippen LogP contribution in [0.3, 0.4) is 0 Å². The summed E-state index contributed by atoms with van der Waals surface area (Å²) in [6, 6.07) is 7.99. The van der Waals surface area contributed by atoms with Gasteiger partial charge in [-0.15, -0.1) is 0 Å². The van der Waals surface area contributed by atoms with E-state index in [-0.39, 0.29) is 11.7 Å². The van der Waals surface area contributed by atoms with Gasteiger partial charge in [-0.1, -0.05) is 0 Å². The maximum atomic E-state index is 11.0. The highest BCUT2D eigenvalue weighted by molar-refractivity contribution is 5.61. The summed E-state index contributed by atoms with van der Waals surface area (Å²) in [7, 11) is 0. The predicted molar refractivity (Wildman–Crippen MR) is 67.7 cm³/mol. The van der Waals surface area contributed by atoms with E-state index in [0.29, 0.717) is 11.3 Å². The zero-order valence-corrected chi connectivity index (χ0v) is 9.98. The van der Waals surface area contributed by atoms with Crippen LogP contribution in [0.15, 0.2) is 30.6 Å². The summed E-state index contributed by atoms with van der Waals surface area (Å²) in [5.41, 5.74) is 2.08. The Morgan fingerprint density at radius 3 is 2.60 bits per heavy atom. The number of rotatable bonds is 4. The molecule has 3 N–H and O–H groups in total. The number of nitrogens with one attached hydrogen (secondary N) is 1. The fourth-order valence-electron chi connectivity index (χ4n) is 1.42. The number of nitro groups is 1. The van der Waals surface area contributed by atoms with Gasteiger partial charge in [0.1, 0.15) is 12.1 Å². The van der Waals surface area contributed by atoms with Crippen molar-refractivity contribution in [1.82, 2.24) is 9.97 Å². The molecule has 0 aliphatic carbocycles. The lowest BCUT2D eigenvalue weighted by atomic mass is 10.2. The zero-order chi connectivity index (χ0) is 14.5. The van der Waals surface area contributed by atoms with Gasteiger partial charge >= 0.3 is 11.6 Å². The Bertz CT molecular complexity index is 680. The first-order chi connectivity index (χ1) is 9.65. The highest BCUT2D eigenvalue weighted by Crippen LogP contribution is 2.33.